The quantitative estimate of drug-likeness (QED) is 0.561. The monoisotopic (exact) mass is 406 g/mol. The predicted octanol–water partition coefficient (Wildman–Crippen LogP) is 4.59. The summed E-state index contributed by atoms with van der Waals surface area (Å²) in [6.45, 7) is 0.742. The average Bonchev–Trinajstić information content (AvgIpc) is 2.89. The van der Waals surface area contributed by atoms with Gasteiger partial charge >= 0.3 is 0 Å². The van der Waals surface area contributed by atoms with Crippen LogP contribution in [-0.2, 0) is 0 Å². The molecule has 0 fully saturated rings. The molecule has 0 spiro atoms. The van der Waals surface area contributed by atoms with Crippen molar-refractivity contribution in [2.45, 2.75) is 6.42 Å². The second kappa shape index (κ2) is 8.55. The Labute approximate surface area is 136 Å². The van der Waals surface area contributed by atoms with Crippen molar-refractivity contribution in [2.24, 2.45) is 0 Å². The van der Waals surface area contributed by atoms with E-state index in [1.165, 1.54) is 0 Å². The van der Waals surface area contributed by atoms with Gasteiger partial charge < -0.3 is 10.1 Å². The highest BCUT2D eigenvalue weighted by Crippen LogP contribution is 2.29. The third-order valence-corrected chi connectivity index (χ3v) is 4.02. The highest BCUT2D eigenvalue weighted by Gasteiger charge is 2.03. The van der Waals surface area contributed by atoms with Crippen molar-refractivity contribution >= 4 is 49.2 Å². The Balaban J connectivity index is 0.00000180. The summed E-state index contributed by atoms with van der Waals surface area (Å²) < 4.78 is 5.60. The number of hydrogen-bond acceptors (Lipinski definition) is 4. The number of halogens is 2. The SMILES string of the molecule is Br.CNc1cnc(-c2ccc(OCCCBr)cc2)s1. The van der Waals surface area contributed by atoms with Gasteiger partial charge in [-0.3, -0.25) is 0 Å². The summed E-state index contributed by atoms with van der Waals surface area (Å²) in [5, 5.41) is 6.15. The number of hydrogen-bond donors (Lipinski definition) is 1. The van der Waals surface area contributed by atoms with Crippen LogP contribution in [-0.4, -0.2) is 24.0 Å². The highest BCUT2D eigenvalue weighted by atomic mass is 79.9. The van der Waals surface area contributed by atoms with Crippen molar-refractivity contribution in [2.75, 3.05) is 24.3 Å². The lowest BCUT2D eigenvalue weighted by Gasteiger charge is -2.05. The number of benzene rings is 1. The average molecular weight is 408 g/mol. The third kappa shape index (κ3) is 4.78. The second-order valence-electron chi connectivity index (χ2n) is 3.70. The molecule has 0 radical (unpaired) electrons. The molecule has 3 nitrogen and oxygen atoms in total. The Morgan fingerprint density at radius 2 is 2.05 bits per heavy atom. The maximum Gasteiger partial charge on any atom is 0.125 e. The van der Waals surface area contributed by atoms with Gasteiger partial charge in [-0.15, -0.1) is 17.0 Å². The Hall–Kier alpha value is -0.590. The van der Waals surface area contributed by atoms with Crippen LogP contribution in [0.15, 0.2) is 30.5 Å². The van der Waals surface area contributed by atoms with Crippen LogP contribution in [0, 0.1) is 0 Å². The van der Waals surface area contributed by atoms with E-state index in [0.29, 0.717) is 0 Å². The molecule has 0 aliphatic carbocycles. The number of aromatic nitrogens is 1. The lowest BCUT2D eigenvalue weighted by Crippen LogP contribution is -1.97. The van der Waals surface area contributed by atoms with Gasteiger partial charge in [-0.25, -0.2) is 4.98 Å². The minimum Gasteiger partial charge on any atom is -0.494 e. The van der Waals surface area contributed by atoms with Crippen molar-refractivity contribution < 1.29 is 4.74 Å². The number of nitrogens with zero attached hydrogens (tertiary/aromatic N) is 1. The van der Waals surface area contributed by atoms with Crippen molar-refractivity contribution in [3.05, 3.63) is 30.5 Å². The second-order valence-corrected chi connectivity index (χ2v) is 5.52. The van der Waals surface area contributed by atoms with Crippen molar-refractivity contribution in [3.63, 3.8) is 0 Å². The first kappa shape index (κ1) is 16.5. The van der Waals surface area contributed by atoms with Crippen LogP contribution in [0.2, 0.25) is 0 Å². The molecular formula is C13H16Br2N2OS. The maximum absolute atomic E-state index is 5.60. The Bertz CT molecular complexity index is 488. The molecule has 1 aromatic carbocycles. The van der Waals surface area contributed by atoms with Crippen LogP contribution in [0.3, 0.4) is 0 Å². The van der Waals surface area contributed by atoms with Crippen molar-refractivity contribution in [1.82, 2.24) is 4.98 Å². The Morgan fingerprint density at radius 3 is 2.63 bits per heavy atom. The molecule has 0 aliphatic heterocycles. The lowest BCUT2D eigenvalue weighted by atomic mass is 10.2. The van der Waals surface area contributed by atoms with Crippen LogP contribution >= 0.6 is 44.2 Å². The molecule has 1 N–H and O–H groups in total. The molecule has 6 heteroatoms. The molecule has 0 aliphatic rings. The fourth-order valence-electron chi connectivity index (χ4n) is 1.46. The lowest BCUT2D eigenvalue weighted by molar-refractivity contribution is 0.319. The number of ether oxygens (including phenoxy) is 1. The zero-order valence-electron chi connectivity index (χ0n) is 10.6. The van der Waals surface area contributed by atoms with E-state index in [-0.39, 0.29) is 17.0 Å². The number of thiazole rings is 1. The molecule has 0 amide bonds. The smallest absolute Gasteiger partial charge is 0.125 e. The van der Waals surface area contributed by atoms with Gasteiger partial charge in [-0.1, -0.05) is 27.3 Å². The fraction of sp³-hybridized carbons (Fsp3) is 0.308. The minimum absolute atomic E-state index is 0. The summed E-state index contributed by atoms with van der Waals surface area (Å²) >= 11 is 5.03. The molecule has 0 bridgehead atoms. The van der Waals surface area contributed by atoms with Gasteiger partial charge in [-0.05, 0) is 30.7 Å². The molecule has 19 heavy (non-hydrogen) atoms. The summed E-state index contributed by atoms with van der Waals surface area (Å²) in [5.74, 6) is 0.907. The van der Waals surface area contributed by atoms with Gasteiger partial charge in [0.05, 0.1) is 12.8 Å². The first-order valence-electron chi connectivity index (χ1n) is 5.76. The van der Waals surface area contributed by atoms with Gasteiger partial charge in [0.1, 0.15) is 15.8 Å². The van der Waals surface area contributed by atoms with E-state index in [4.69, 9.17) is 4.74 Å². The van der Waals surface area contributed by atoms with E-state index in [2.05, 4.69) is 26.2 Å². The third-order valence-electron chi connectivity index (χ3n) is 2.40. The van der Waals surface area contributed by atoms with E-state index in [1.54, 1.807) is 11.3 Å². The summed E-state index contributed by atoms with van der Waals surface area (Å²) in [4.78, 5) is 4.37. The van der Waals surface area contributed by atoms with Crippen LogP contribution in [0.1, 0.15) is 6.42 Å². The first-order valence-corrected chi connectivity index (χ1v) is 7.70. The molecule has 2 rings (SSSR count). The van der Waals surface area contributed by atoms with Crippen LogP contribution in [0.5, 0.6) is 5.75 Å². The zero-order valence-corrected chi connectivity index (χ0v) is 14.7. The molecule has 0 saturated carbocycles. The van der Waals surface area contributed by atoms with Crippen molar-refractivity contribution in [3.8, 4) is 16.3 Å². The molecule has 0 atom stereocenters. The van der Waals surface area contributed by atoms with E-state index in [9.17, 15) is 0 Å². The Morgan fingerprint density at radius 1 is 1.32 bits per heavy atom. The van der Waals surface area contributed by atoms with Crippen molar-refractivity contribution in [1.29, 1.82) is 0 Å². The van der Waals surface area contributed by atoms with Crippen LogP contribution in [0.4, 0.5) is 5.00 Å². The topological polar surface area (TPSA) is 34.2 Å². The summed E-state index contributed by atoms with van der Waals surface area (Å²) in [6.07, 6.45) is 2.86. The van der Waals surface area contributed by atoms with Crippen LogP contribution < -0.4 is 10.1 Å². The summed E-state index contributed by atoms with van der Waals surface area (Å²) in [5.41, 5.74) is 1.12. The molecule has 0 saturated heterocycles. The number of anilines is 1. The van der Waals surface area contributed by atoms with Gasteiger partial charge in [-0.2, -0.15) is 0 Å². The van der Waals surface area contributed by atoms with Gasteiger partial charge in [0.2, 0.25) is 0 Å². The molecule has 2 aromatic rings. The Kier molecular flexibility index (Phi) is 7.41. The molecule has 0 unspecified atom stereocenters. The molecular weight excluding hydrogens is 392 g/mol. The van der Waals surface area contributed by atoms with Gasteiger partial charge in [0.15, 0.2) is 0 Å². The van der Waals surface area contributed by atoms with Crippen LogP contribution in [0.25, 0.3) is 10.6 Å². The van der Waals surface area contributed by atoms with Gasteiger partial charge in [0, 0.05) is 17.9 Å². The van der Waals surface area contributed by atoms with E-state index < -0.39 is 0 Å². The largest absolute Gasteiger partial charge is 0.494 e. The minimum atomic E-state index is 0. The molecule has 1 aromatic heterocycles. The standard InChI is InChI=1S/C13H15BrN2OS.BrH/c1-15-12-9-16-13(18-12)10-3-5-11(6-4-10)17-8-2-7-14;/h3-6,9,15H,2,7-8H2,1H3;1H. The molecule has 1 heterocycles. The number of alkyl halides is 1. The first-order chi connectivity index (χ1) is 8.83. The summed E-state index contributed by atoms with van der Waals surface area (Å²) in [7, 11) is 1.90. The number of rotatable bonds is 6. The number of nitrogens with one attached hydrogen (secondary N) is 1. The maximum atomic E-state index is 5.60. The normalized spacial score (nSPS) is 9.79. The van der Waals surface area contributed by atoms with E-state index in [0.717, 1.165) is 39.7 Å². The predicted molar refractivity (Wildman–Crippen MR) is 91.3 cm³/mol. The summed E-state index contributed by atoms with van der Waals surface area (Å²) in [6, 6.07) is 8.07. The fourth-order valence-corrected chi connectivity index (χ4v) is 2.47. The van der Waals surface area contributed by atoms with E-state index in [1.807, 2.05) is 37.5 Å². The van der Waals surface area contributed by atoms with E-state index >= 15 is 0 Å². The zero-order chi connectivity index (χ0) is 12.8. The van der Waals surface area contributed by atoms with Gasteiger partial charge in [0.25, 0.3) is 0 Å². The molecule has 104 valence electrons. The highest BCUT2D eigenvalue weighted by molar-refractivity contribution is 9.09.